The summed E-state index contributed by atoms with van der Waals surface area (Å²) in [4.78, 5) is 0. The van der Waals surface area contributed by atoms with Gasteiger partial charge in [0.1, 0.15) is 0 Å². The van der Waals surface area contributed by atoms with Crippen LogP contribution in [-0.2, 0) is 6.42 Å². The topological polar surface area (TPSA) is 0 Å². The number of aryl methyl sites for hydroxylation is 1. The lowest BCUT2D eigenvalue weighted by atomic mass is 10.00. The van der Waals surface area contributed by atoms with Crippen LogP contribution in [0.2, 0.25) is 0 Å². The second-order valence-electron chi connectivity index (χ2n) is 3.73. The van der Waals surface area contributed by atoms with Crippen molar-refractivity contribution in [3.8, 4) is 0 Å². The molecule has 0 aliphatic heterocycles. The average molecular weight is 179 g/mol. The predicted molar refractivity (Wildman–Crippen MR) is 60.1 cm³/mol. The van der Waals surface area contributed by atoms with Crippen LogP contribution in [0.25, 0.3) is 16.8 Å². The minimum Gasteiger partial charge on any atom is -0.0613 e. The first-order valence-electron chi connectivity index (χ1n) is 5.04. The van der Waals surface area contributed by atoms with Crippen molar-refractivity contribution in [2.24, 2.45) is 0 Å². The summed E-state index contributed by atoms with van der Waals surface area (Å²) in [5, 5.41) is 2.71. The van der Waals surface area contributed by atoms with Gasteiger partial charge < -0.3 is 0 Å². The van der Waals surface area contributed by atoms with Crippen LogP contribution in [0.3, 0.4) is 0 Å². The highest BCUT2D eigenvalue weighted by Gasteiger charge is 2.09. The molecule has 0 saturated carbocycles. The highest BCUT2D eigenvalue weighted by molar-refractivity contribution is 5.98. The van der Waals surface area contributed by atoms with Crippen LogP contribution in [0.4, 0.5) is 0 Å². The minimum atomic E-state index is 1.10. The summed E-state index contributed by atoms with van der Waals surface area (Å²) in [5.74, 6) is 0. The zero-order chi connectivity index (χ0) is 9.54. The molecule has 2 aromatic carbocycles. The molecule has 0 atom stereocenters. The summed E-state index contributed by atoms with van der Waals surface area (Å²) < 4.78 is 0. The molecule has 0 aromatic heterocycles. The molecule has 0 N–H and O–H groups in total. The maximum atomic E-state index is 3.30. The van der Waals surface area contributed by atoms with E-state index in [-0.39, 0.29) is 0 Å². The molecule has 1 radical (unpaired) electrons. The first-order chi connectivity index (χ1) is 6.88. The minimum absolute atomic E-state index is 1.10. The maximum Gasteiger partial charge on any atom is -0.00322 e. The van der Waals surface area contributed by atoms with Gasteiger partial charge in [0.15, 0.2) is 0 Å². The highest BCUT2D eigenvalue weighted by Crippen LogP contribution is 2.30. The van der Waals surface area contributed by atoms with E-state index < -0.39 is 0 Å². The molecule has 1 aliphatic carbocycles. The first kappa shape index (κ1) is 7.81. The third kappa shape index (κ3) is 0.941. The van der Waals surface area contributed by atoms with Crippen molar-refractivity contribution in [1.82, 2.24) is 0 Å². The Balaban J connectivity index is 2.46. The zero-order valence-electron chi connectivity index (χ0n) is 8.17. The molecule has 0 spiro atoms. The van der Waals surface area contributed by atoms with E-state index in [0.29, 0.717) is 0 Å². The van der Waals surface area contributed by atoms with Crippen LogP contribution < -0.4 is 0 Å². The number of hydrogen-bond acceptors (Lipinski definition) is 0. The lowest BCUT2D eigenvalue weighted by Gasteiger charge is -2.04. The maximum absolute atomic E-state index is 3.30. The van der Waals surface area contributed by atoms with Crippen molar-refractivity contribution in [3.05, 3.63) is 53.1 Å². The van der Waals surface area contributed by atoms with E-state index in [0.717, 1.165) is 6.42 Å². The summed E-state index contributed by atoms with van der Waals surface area (Å²) >= 11 is 0. The van der Waals surface area contributed by atoms with Gasteiger partial charge in [-0.2, -0.15) is 0 Å². The van der Waals surface area contributed by atoms with Crippen LogP contribution in [0.15, 0.2) is 30.3 Å². The summed E-state index contributed by atoms with van der Waals surface area (Å²) in [5.41, 5.74) is 3.97. The number of hydrogen-bond donors (Lipinski definition) is 0. The lowest BCUT2D eigenvalue weighted by Crippen LogP contribution is -1.84. The van der Waals surface area contributed by atoms with E-state index in [1.54, 1.807) is 0 Å². The van der Waals surface area contributed by atoms with Crippen LogP contribution in [0.5, 0.6) is 0 Å². The van der Waals surface area contributed by atoms with Gasteiger partial charge >= 0.3 is 0 Å². The van der Waals surface area contributed by atoms with Gasteiger partial charge in [0, 0.05) is 0 Å². The van der Waals surface area contributed by atoms with Gasteiger partial charge in [-0.25, -0.2) is 0 Å². The third-order valence-electron chi connectivity index (χ3n) is 2.86. The SMILES string of the molecule is CCc1cc2c3c(cccc3c1)[C]=C2. The Morgan fingerprint density at radius 3 is 3.00 bits per heavy atom. The molecule has 0 heteroatoms. The lowest BCUT2D eigenvalue weighted by molar-refractivity contribution is 1.14. The van der Waals surface area contributed by atoms with E-state index in [2.05, 4.69) is 49.4 Å². The van der Waals surface area contributed by atoms with Crippen LogP contribution in [0, 0.1) is 6.08 Å². The van der Waals surface area contributed by atoms with Crippen molar-refractivity contribution >= 4 is 16.8 Å². The Kier molecular flexibility index (Phi) is 1.51. The molecule has 2 aromatic rings. The van der Waals surface area contributed by atoms with Crippen molar-refractivity contribution < 1.29 is 0 Å². The zero-order valence-corrected chi connectivity index (χ0v) is 8.17. The Bertz CT molecular complexity index is 533. The second-order valence-corrected chi connectivity index (χ2v) is 3.73. The van der Waals surface area contributed by atoms with E-state index in [9.17, 15) is 0 Å². The number of benzene rings is 2. The summed E-state index contributed by atoms with van der Waals surface area (Å²) in [6, 6.07) is 11.0. The molecule has 0 unspecified atom stereocenters. The molecule has 3 rings (SSSR count). The second kappa shape index (κ2) is 2.71. The van der Waals surface area contributed by atoms with E-state index >= 15 is 0 Å². The molecule has 0 amide bonds. The van der Waals surface area contributed by atoms with Gasteiger partial charge in [-0.05, 0) is 46.0 Å². The van der Waals surface area contributed by atoms with Gasteiger partial charge in [0.25, 0.3) is 0 Å². The van der Waals surface area contributed by atoms with Gasteiger partial charge in [-0.3, -0.25) is 0 Å². The fourth-order valence-electron chi connectivity index (χ4n) is 2.12. The largest absolute Gasteiger partial charge is 0.0613 e. The third-order valence-corrected chi connectivity index (χ3v) is 2.86. The molecule has 14 heavy (non-hydrogen) atoms. The highest BCUT2D eigenvalue weighted by atomic mass is 14.1. The van der Waals surface area contributed by atoms with Crippen molar-refractivity contribution in [1.29, 1.82) is 0 Å². The average Bonchev–Trinajstić information content (AvgIpc) is 2.64. The fraction of sp³-hybridized carbons (Fsp3) is 0.143. The van der Waals surface area contributed by atoms with Crippen molar-refractivity contribution in [2.45, 2.75) is 13.3 Å². The smallest absolute Gasteiger partial charge is 0.00322 e. The Hall–Kier alpha value is -1.56. The summed E-state index contributed by atoms with van der Waals surface area (Å²) in [7, 11) is 0. The Labute approximate surface area is 83.9 Å². The van der Waals surface area contributed by atoms with Gasteiger partial charge in [0.05, 0.1) is 0 Å². The van der Waals surface area contributed by atoms with Crippen LogP contribution >= 0.6 is 0 Å². The standard InChI is InChI=1S/C14H11/c1-2-10-8-12-5-3-4-11-6-7-13(9-10)14(11)12/h3-5,7-9H,2H2,1H3. The Morgan fingerprint density at radius 2 is 2.14 bits per heavy atom. The molecule has 1 aliphatic rings. The van der Waals surface area contributed by atoms with E-state index in [1.807, 2.05) is 0 Å². The van der Waals surface area contributed by atoms with Crippen molar-refractivity contribution in [2.75, 3.05) is 0 Å². The normalized spacial score (nSPS) is 12.6. The molecular weight excluding hydrogens is 168 g/mol. The van der Waals surface area contributed by atoms with E-state index in [1.165, 1.54) is 27.5 Å². The quantitative estimate of drug-likeness (QED) is 0.535. The molecule has 67 valence electrons. The monoisotopic (exact) mass is 179 g/mol. The molecule has 0 saturated heterocycles. The first-order valence-corrected chi connectivity index (χ1v) is 5.04. The van der Waals surface area contributed by atoms with Gasteiger partial charge in [-0.15, -0.1) is 0 Å². The van der Waals surface area contributed by atoms with Crippen LogP contribution in [-0.4, -0.2) is 0 Å². The molecule has 0 heterocycles. The Morgan fingerprint density at radius 1 is 1.21 bits per heavy atom. The summed E-state index contributed by atoms with van der Waals surface area (Å²) in [6.07, 6.45) is 6.49. The number of rotatable bonds is 1. The molecule has 0 nitrogen and oxygen atoms in total. The summed E-state index contributed by atoms with van der Waals surface area (Å²) in [6.45, 7) is 2.19. The fourth-order valence-corrected chi connectivity index (χ4v) is 2.12. The van der Waals surface area contributed by atoms with Crippen LogP contribution in [0.1, 0.15) is 23.6 Å². The molecule has 0 bridgehead atoms. The van der Waals surface area contributed by atoms with Crippen molar-refractivity contribution in [3.63, 3.8) is 0 Å². The van der Waals surface area contributed by atoms with E-state index in [4.69, 9.17) is 0 Å². The molecular formula is C14H11. The van der Waals surface area contributed by atoms with Gasteiger partial charge in [-0.1, -0.05) is 37.3 Å². The molecule has 0 fully saturated rings. The predicted octanol–water partition coefficient (Wildman–Crippen LogP) is 3.58. The van der Waals surface area contributed by atoms with Gasteiger partial charge in [0.2, 0.25) is 0 Å².